The first-order valence-electron chi connectivity index (χ1n) is 6.06. The quantitative estimate of drug-likeness (QED) is 0.864. The third kappa shape index (κ3) is 2.84. The molecule has 1 aliphatic rings. The topological polar surface area (TPSA) is 60.2 Å². The van der Waals surface area contributed by atoms with Crippen LogP contribution in [0, 0.1) is 11.3 Å². The second kappa shape index (κ2) is 4.74. The summed E-state index contributed by atoms with van der Waals surface area (Å²) in [6.45, 7) is 8.41. The fraction of sp³-hybridized carbons (Fsp3) is 0.833. The Morgan fingerprint density at radius 2 is 2.18 bits per heavy atom. The third-order valence-electron chi connectivity index (χ3n) is 3.07. The highest BCUT2D eigenvalue weighted by Crippen LogP contribution is 2.33. The summed E-state index contributed by atoms with van der Waals surface area (Å²) >= 11 is 0. The van der Waals surface area contributed by atoms with Crippen molar-refractivity contribution in [3.8, 4) is 0 Å². The lowest BCUT2D eigenvalue weighted by Gasteiger charge is -2.26. The number of nitrogens with zero attached hydrogens (tertiary/aromatic N) is 2. The maximum absolute atomic E-state index is 5.46. The number of aromatic nitrogens is 2. The van der Waals surface area contributed by atoms with Gasteiger partial charge >= 0.3 is 0 Å². The van der Waals surface area contributed by atoms with Gasteiger partial charge in [0.15, 0.2) is 0 Å². The average molecular weight is 239 g/mol. The van der Waals surface area contributed by atoms with Crippen LogP contribution in [0.4, 0.5) is 0 Å². The van der Waals surface area contributed by atoms with Gasteiger partial charge in [-0.25, -0.2) is 0 Å². The monoisotopic (exact) mass is 239 g/mol. The van der Waals surface area contributed by atoms with Gasteiger partial charge in [0.05, 0.1) is 0 Å². The summed E-state index contributed by atoms with van der Waals surface area (Å²) in [7, 11) is 1.68. The van der Waals surface area contributed by atoms with Crippen LogP contribution in [-0.4, -0.2) is 30.3 Å². The van der Waals surface area contributed by atoms with E-state index in [1.54, 1.807) is 7.11 Å². The van der Waals surface area contributed by atoms with E-state index >= 15 is 0 Å². The molecule has 1 aromatic rings. The molecule has 1 N–H and O–H groups in total. The fourth-order valence-electron chi connectivity index (χ4n) is 2.04. The Kier molecular flexibility index (Phi) is 3.49. The number of rotatable bonds is 4. The molecule has 1 aliphatic heterocycles. The molecular weight excluding hydrogens is 218 g/mol. The van der Waals surface area contributed by atoms with Gasteiger partial charge < -0.3 is 14.6 Å². The normalized spacial score (nSPS) is 19.1. The van der Waals surface area contributed by atoms with Gasteiger partial charge in [0.1, 0.15) is 6.10 Å². The summed E-state index contributed by atoms with van der Waals surface area (Å²) in [6, 6.07) is 0. The van der Waals surface area contributed by atoms with Gasteiger partial charge in [0, 0.05) is 13.5 Å². The molecule has 1 fully saturated rings. The van der Waals surface area contributed by atoms with E-state index in [0.29, 0.717) is 11.7 Å². The molecule has 0 amide bonds. The second-order valence-corrected chi connectivity index (χ2v) is 5.76. The van der Waals surface area contributed by atoms with Gasteiger partial charge in [-0.2, -0.15) is 4.98 Å². The van der Waals surface area contributed by atoms with E-state index < -0.39 is 0 Å². The molecule has 2 heterocycles. The third-order valence-corrected chi connectivity index (χ3v) is 3.07. The van der Waals surface area contributed by atoms with Gasteiger partial charge in [-0.1, -0.05) is 25.9 Å². The van der Waals surface area contributed by atoms with E-state index in [-0.39, 0.29) is 11.5 Å². The van der Waals surface area contributed by atoms with Crippen LogP contribution in [0.25, 0.3) is 0 Å². The van der Waals surface area contributed by atoms with E-state index in [1.165, 1.54) is 0 Å². The summed E-state index contributed by atoms with van der Waals surface area (Å²) in [6.07, 6.45) is 0.736. The largest absolute Gasteiger partial charge is 0.373 e. The Hall–Kier alpha value is -0.940. The average Bonchev–Trinajstić information content (AvgIpc) is 2.59. The van der Waals surface area contributed by atoms with Crippen LogP contribution >= 0.6 is 0 Å². The lowest BCUT2D eigenvalue weighted by Crippen LogP contribution is -2.43. The number of hydrogen-bond donors (Lipinski definition) is 1. The van der Waals surface area contributed by atoms with Crippen molar-refractivity contribution in [2.75, 3.05) is 20.2 Å². The van der Waals surface area contributed by atoms with Crippen molar-refractivity contribution in [1.82, 2.24) is 15.5 Å². The molecule has 1 unspecified atom stereocenters. The van der Waals surface area contributed by atoms with Gasteiger partial charge in [-0.05, 0) is 24.4 Å². The Bertz CT molecular complexity index is 366. The number of nitrogens with one attached hydrogen (secondary N) is 1. The molecule has 0 aliphatic carbocycles. The zero-order chi connectivity index (χ0) is 12.5. The van der Waals surface area contributed by atoms with Crippen LogP contribution in [0.15, 0.2) is 4.52 Å². The van der Waals surface area contributed by atoms with Crippen LogP contribution in [0.3, 0.4) is 0 Å². The fourth-order valence-corrected chi connectivity index (χ4v) is 2.04. The van der Waals surface area contributed by atoms with Crippen molar-refractivity contribution in [2.45, 2.75) is 33.3 Å². The molecule has 17 heavy (non-hydrogen) atoms. The maximum atomic E-state index is 5.46. The summed E-state index contributed by atoms with van der Waals surface area (Å²) in [5, 5.41) is 7.27. The van der Waals surface area contributed by atoms with Crippen LogP contribution in [0.5, 0.6) is 0 Å². The van der Waals surface area contributed by atoms with E-state index in [2.05, 4.69) is 36.2 Å². The van der Waals surface area contributed by atoms with Crippen LogP contribution in [0.2, 0.25) is 0 Å². The molecule has 5 nitrogen and oxygen atoms in total. The predicted octanol–water partition coefficient (Wildman–Crippen LogP) is 1.57. The molecule has 0 saturated carbocycles. The highest BCUT2D eigenvalue weighted by atomic mass is 16.5. The van der Waals surface area contributed by atoms with Gasteiger partial charge in [0.2, 0.25) is 11.7 Å². The summed E-state index contributed by atoms with van der Waals surface area (Å²) < 4.78 is 10.7. The molecule has 1 saturated heterocycles. The van der Waals surface area contributed by atoms with E-state index in [0.717, 1.165) is 25.4 Å². The standard InChI is InChI=1S/C12H21N3O2/c1-12(2,3)10(16-4)11-14-9(17-15-11)5-8-6-13-7-8/h8,10,13H,5-7H2,1-4H3. The maximum Gasteiger partial charge on any atom is 0.227 e. The lowest BCUT2D eigenvalue weighted by atomic mass is 9.88. The highest BCUT2D eigenvalue weighted by molar-refractivity contribution is 4.97. The minimum atomic E-state index is -0.125. The van der Waals surface area contributed by atoms with E-state index in [4.69, 9.17) is 9.26 Å². The Morgan fingerprint density at radius 1 is 1.47 bits per heavy atom. The second-order valence-electron chi connectivity index (χ2n) is 5.76. The van der Waals surface area contributed by atoms with Crippen LogP contribution in [0.1, 0.15) is 38.6 Å². The Morgan fingerprint density at radius 3 is 2.65 bits per heavy atom. The summed E-state index contributed by atoms with van der Waals surface area (Å²) in [4.78, 5) is 4.44. The number of hydrogen-bond acceptors (Lipinski definition) is 5. The van der Waals surface area contributed by atoms with E-state index in [1.807, 2.05) is 0 Å². The van der Waals surface area contributed by atoms with Crippen LogP contribution < -0.4 is 5.32 Å². The molecule has 0 spiro atoms. The number of methoxy groups -OCH3 is 1. The van der Waals surface area contributed by atoms with Crippen molar-refractivity contribution in [1.29, 1.82) is 0 Å². The molecule has 0 radical (unpaired) electrons. The molecule has 1 atom stereocenters. The first-order chi connectivity index (χ1) is 8.00. The molecule has 0 bridgehead atoms. The first kappa shape index (κ1) is 12.5. The molecule has 5 heteroatoms. The SMILES string of the molecule is COC(c1noc(CC2CNC2)n1)C(C)(C)C. The Labute approximate surface area is 102 Å². The Balaban J connectivity index is 2.05. The lowest BCUT2D eigenvalue weighted by molar-refractivity contribution is 0.00718. The van der Waals surface area contributed by atoms with Gasteiger partial charge in [-0.3, -0.25) is 0 Å². The van der Waals surface area contributed by atoms with Gasteiger partial charge in [0.25, 0.3) is 0 Å². The van der Waals surface area contributed by atoms with Crippen molar-refractivity contribution in [2.24, 2.45) is 11.3 Å². The van der Waals surface area contributed by atoms with Crippen molar-refractivity contribution in [3.63, 3.8) is 0 Å². The van der Waals surface area contributed by atoms with Crippen LogP contribution in [-0.2, 0) is 11.2 Å². The minimum Gasteiger partial charge on any atom is -0.373 e. The highest BCUT2D eigenvalue weighted by Gasteiger charge is 2.31. The van der Waals surface area contributed by atoms with Crippen molar-refractivity contribution >= 4 is 0 Å². The summed E-state index contributed by atoms with van der Waals surface area (Å²) in [5.41, 5.74) is -0.0338. The molecule has 96 valence electrons. The van der Waals surface area contributed by atoms with Crippen molar-refractivity contribution < 1.29 is 9.26 Å². The van der Waals surface area contributed by atoms with E-state index in [9.17, 15) is 0 Å². The number of ether oxygens (including phenoxy) is 1. The van der Waals surface area contributed by atoms with Crippen molar-refractivity contribution in [3.05, 3.63) is 11.7 Å². The molecule has 1 aromatic heterocycles. The molecule has 0 aromatic carbocycles. The molecular formula is C12H21N3O2. The zero-order valence-corrected chi connectivity index (χ0v) is 11.0. The first-order valence-corrected chi connectivity index (χ1v) is 6.06. The predicted molar refractivity (Wildman–Crippen MR) is 63.6 cm³/mol. The smallest absolute Gasteiger partial charge is 0.227 e. The van der Waals surface area contributed by atoms with Gasteiger partial charge in [-0.15, -0.1) is 0 Å². The molecule has 2 rings (SSSR count). The minimum absolute atomic E-state index is 0.0338. The zero-order valence-electron chi connectivity index (χ0n) is 11.0. The summed E-state index contributed by atoms with van der Waals surface area (Å²) in [5.74, 6) is 2.01.